The number of rotatable bonds is 4. The van der Waals surface area contributed by atoms with Crippen molar-refractivity contribution in [1.29, 1.82) is 0 Å². The Bertz CT molecular complexity index is 1240. The van der Waals surface area contributed by atoms with E-state index in [-0.39, 0.29) is 5.56 Å². The number of piperazine rings is 1. The van der Waals surface area contributed by atoms with Crippen LogP contribution in [0, 0.1) is 12.9 Å². The molecule has 9 nitrogen and oxygen atoms in total. The molecule has 4 aromatic rings. The predicted octanol–water partition coefficient (Wildman–Crippen LogP) is 1.37. The third kappa shape index (κ3) is 3.45. The van der Waals surface area contributed by atoms with Crippen LogP contribution in [0.5, 0.6) is 0 Å². The highest BCUT2D eigenvalue weighted by Gasteiger charge is 2.21. The Hall–Kier alpha value is -3.53. The van der Waals surface area contributed by atoms with Crippen molar-refractivity contribution in [2.24, 2.45) is 0 Å². The van der Waals surface area contributed by atoms with Crippen molar-refractivity contribution in [2.75, 3.05) is 31.1 Å². The van der Waals surface area contributed by atoms with Crippen molar-refractivity contribution in [3.8, 4) is 5.82 Å². The molecule has 0 bridgehead atoms. The highest BCUT2D eigenvalue weighted by molar-refractivity contribution is 5.48. The van der Waals surface area contributed by atoms with Gasteiger partial charge in [0.15, 0.2) is 5.82 Å². The number of aromatic amines is 1. The van der Waals surface area contributed by atoms with E-state index in [9.17, 15) is 9.18 Å². The zero-order chi connectivity index (χ0) is 20.7. The lowest BCUT2D eigenvalue weighted by Gasteiger charge is -2.35. The maximum atomic E-state index is 14.6. The smallest absolute Gasteiger partial charge is 0.254 e. The normalized spacial score (nSPS) is 15.2. The van der Waals surface area contributed by atoms with Crippen LogP contribution in [0.4, 0.5) is 10.1 Å². The topological polar surface area (TPSA) is 87.3 Å². The van der Waals surface area contributed by atoms with Crippen molar-refractivity contribution < 1.29 is 4.39 Å². The number of fused-ring (bicyclic) bond motifs is 1. The summed E-state index contributed by atoms with van der Waals surface area (Å²) in [7, 11) is 0. The molecule has 0 amide bonds. The standard InChI is InChI=1S/C20H21FN8O/c1-14-12-29-18(24-20(14)30)11-15(25-29)13-26-7-9-27(10-8-26)16-3-4-17(23-19(16)21)28-6-2-5-22-28/h2-6,11-12H,7-10,13H2,1H3,(H,24,30). The van der Waals surface area contributed by atoms with Gasteiger partial charge in [-0.25, -0.2) is 9.20 Å². The van der Waals surface area contributed by atoms with Gasteiger partial charge >= 0.3 is 0 Å². The highest BCUT2D eigenvalue weighted by Crippen LogP contribution is 2.21. The fraction of sp³-hybridized carbons (Fsp3) is 0.300. The summed E-state index contributed by atoms with van der Waals surface area (Å²) in [6.45, 7) is 5.39. The summed E-state index contributed by atoms with van der Waals surface area (Å²) >= 11 is 0. The summed E-state index contributed by atoms with van der Waals surface area (Å²) in [6, 6.07) is 7.20. The lowest BCUT2D eigenvalue weighted by atomic mass is 10.2. The summed E-state index contributed by atoms with van der Waals surface area (Å²) in [6.07, 6.45) is 5.10. The molecule has 0 atom stereocenters. The van der Waals surface area contributed by atoms with Crippen LogP contribution in [0.3, 0.4) is 0 Å². The Morgan fingerprint density at radius 3 is 2.77 bits per heavy atom. The molecule has 0 aliphatic carbocycles. The van der Waals surface area contributed by atoms with E-state index in [1.54, 1.807) is 48.2 Å². The van der Waals surface area contributed by atoms with Gasteiger partial charge in [-0.2, -0.15) is 19.6 Å². The van der Waals surface area contributed by atoms with Gasteiger partial charge in [0.2, 0.25) is 5.95 Å². The average Bonchev–Trinajstić information content (AvgIpc) is 3.39. The Morgan fingerprint density at radius 2 is 2.03 bits per heavy atom. The number of pyridine rings is 1. The quantitative estimate of drug-likeness (QED) is 0.514. The lowest BCUT2D eigenvalue weighted by molar-refractivity contribution is 0.246. The zero-order valence-electron chi connectivity index (χ0n) is 16.5. The number of nitrogens with one attached hydrogen (secondary N) is 1. The van der Waals surface area contributed by atoms with Crippen molar-refractivity contribution in [1.82, 2.24) is 34.3 Å². The van der Waals surface area contributed by atoms with Crippen molar-refractivity contribution in [3.63, 3.8) is 0 Å². The Morgan fingerprint density at radius 1 is 1.20 bits per heavy atom. The van der Waals surface area contributed by atoms with E-state index >= 15 is 0 Å². The lowest BCUT2D eigenvalue weighted by Crippen LogP contribution is -2.46. The van der Waals surface area contributed by atoms with Crippen LogP contribution >= 0.6 is 0 Å². The minimum absolute atomic E-state index is 0.100. The summed E-state index contributed by atoms with van der Waals surface area (Å²) in [4.78, 5) is 22.9. The summed E-state index contributed by atoms with van der Waals surface area (Å²) in [5.74, 6) is -0.0314. The van der Waals surface area contributed by atoms with Crippen LogP contribution < -0.4 is 10.5 Å². The van der Waals surface area contributed by atoms with Gasteiger partial charge in [0.25, 0.3) is 5.56 Å². The fourth-order valence-electron chi connectivity index (χ4n) is 3.73. The maximum Gasteiger partial charge on any atom is 0.254 e. The Balaban J connectivity index is 1.25. The van der Waals surface area contributed by atoms with Gasteiger partial charge < -0.3 is 9.88 Å². The van der Waals surface area contributed by atoms with Crippen LogP contribution in [-0.4, -0.2) is 60.4 Å². The van der Waals surface area contributed by atoms with Gasteiger partial charge in [-0.15, -0.1) is 0 Å². The molecule has 0 aromatic carbocycles. The van der Waals surface area contributed by atoms with Gasteiger partial charge in [0.05, 0.1) is 11.4 Å². The largest absolute Gasteiger partial charge is 0.365 e. The fourth-order valence-corrected chi connectivity index (χ4v) is 3.73. The van der Waals surface area contributed by atoms with E-state index in [2.05, 4.69) is 25.1 Å². The molecule has 30 heavy (non-hydrogen) atoms. The van der Waals surface area contributed by atoms with Crippen LogP contribution in [-0.2, 0) is 6.54 Å². The third-order valence-electron chi connectivity index (χ3n) is 5.35. The number of hydrogen-bond acceptors (Lipinski definition) is 6. The molecule has 0 radical (unpaired) electrons. The SMILES string of the molecule is Cc1cn2nc(CN3CCN(c4ccc(-n5cccn5)nc4F)CC3)cc2[nH]c1=O. The summed E-state index contributed by atoms with van der Waals surface area (Å²) < 4.78 is 17.8. The second-order valence-corrected chi connectivity index (χ2v) is 7.42. The molecule has 154 valence electrons. The molecule has 10 heteroatoms. The van der Waals surface area contributed by atoms with Crippen molar-refractivity contribution in [3.05, 3.63) is 70.4 Å². The summed E-state index contributed by atoms with van der Waals surface area (Å²) in [5.41, 5.74) is 2.61. The molecule has 1 aliphatic rings. The molecule has 0 saturated carbocycles. The second kappa shape index (κ2) is 7.38. The Labute approximate surface area is 171 Å². The third-order valence-corrected chi connectivity index (χ3v) is 5.35. The van der Waals surface area contributed by atoms with Crippen molar-refractivity contribution in [2.45, 2.75) is 13.5 Å². The first-order chi connectivity index (χ1) is 14.6. The van der Waals surface area contributed by atoms with E-state index in [0.29, 0.717) is 42.4 Å². The van der Waals surface area contributed by atoms with Crippen LogP contribution in [0.25, 0.3) is 11.5 Å². The van der Waals surface area contributed by atoms with Crippen LogP contribution in [0.1, 0.15) is 11.3 Å². The first-order valence-electron chi connectivity index (χ1n) is 9.79. The molecule has 0 spiro atoms. The van der Waals surface area contributed by atoms with E-state index in [0.717, 1.165) is 18.8 Å². The van der Waals surface area contributed by atoms with E-state index < -0.39 is 5.95 Å². The molecule has 1 saturated heterocycles. The van der Waals surface area contributed by atoms with Gasteiger partial charge in [-0.1, -0.05) is 0 Å². The molecule has 1 N–H and O–H groups in total. The number of anilines is 1. The highest BCUT2D eigenvalue weighted by atomic mass is 19.1. The number of hydrogen-bond donors (Lipinski definition) is 1. The molecular formula is C20H21FN8O. The minimum Gasteiger partial charge on any atom is -0.365 e. The van der Waals surface area contributed by atoms with Gasteiger partial charge in [-0.3, -0.25) is 9.69 Å². The van der Waals surface area contributed by atoms with E-state index in [4.69, 9.17) is 0 Å². The molecule has 0 unspecified atom stereocenters. The van der Waals surface area contributed by atoms with Crippen LogP contribution in [0.15, 0.2) is 47.7 Å². The second-order valence-electron chi connectivity index (χ2n) is 7.42. The van der Waals surface area contributed by atoms with Gasteiger partial charge in [0.1, 0.15) is 5.65 Å². The molecule has 1 fully saturated rings. The monoisotopic (exact) mass is 408 g/mol. The first kappa shape index (κ1) is 18.5. The number of H-pyrrole nitrogens is 1. The average molecular weight is 408 g/mol. The minimum atomic E-state index is -0.490. The number of nitrogens with zero attached hydrogens (tertiary/aromatic N) is 7. The zero-order valence-corrected chi connectivity index (χ0v) is 16.5. The van der Waals surface area contributed by atoms with Crippen molar-refractivity contribution >= 4 is 11.3 Å². The number of aryl methyl sites for hydroxylation is 1. The predicted molar refractivity (Wildman–Crippen MR) is 109 cm³/mol. The molecule has 5 heterocycles. The maximum absolute atomic E-state index is 14.6. The number of aromatic nitrogens is 6. The summed E-state index contributed by atoms with van der Waals surface area (Å²) in [5, 5.41) is 8.63. The van der Waals surface area contributed by atoms with E-state index in [1.165, 1.54) is 4.68 Å². The first-order valence-corrected chi connectivity index (χ1v) is 9.79. The molecular weight excluding hydrogens is 387 g/mol. The van der Waals surface area contributed by atoms with Gasteiger partial charge in [-0.05, 0) is 25.1 Å². The molecule has 5 rings (SSSR count). The number of halogens is 1. The van der Waals surface area contributed by atoms with Gasteiger partial charge in [0, 0.05) is 62.9 Å². The van der Waals surface area contributed by atoms with Crippen LogP contribution in [0.2, 0.25) is 0 Å². The molecule has 4 aromatic heterocycles. The molecule has 1 aliphatic heterocycles. The van der Waals surface area contributed by atoms with E-state index in [1.807, 2.05) is 11.0 Å². The Kier molecular flexibility index (Phi) is 4.55.